The number of aryl methyl sites for hydroxylation is 3. The smallest absolute Gasteiger partial charge is 0.255 e. The van der Waals surface area contributed by atoms with Gasteiger partial charge in [-0.3, -0.25) is 29.2 Å². The van der Waals surface area contributed by atoms with E-state index in [1.807, 2.05) is 17.9 Å². The highest BCUT2D eigenvalue weighted by Gasteiger charge is 2.40. The maximum atomic E-state index is 13.3. The molecule has 6 aliphatic rings. The van der Waals surface area contributed by atoms with Crippen molar-refractivity contribution in [2.24, 2.45) is 13.0 Å². The highest BCUT2D eigenvalue weighted by molar-refractivity contribution is 6.05. The lowest BCUT2D eigenvalue weighted by Gasteiger charge is -2.39. The fourth-order valence-corrected chi connectivity index (χ4v) is 11.5. The minimum atomic E-state index is -0.598. The number of benzene rings is 2. The number of carbonyl (C=O) groups excluding carboxylic acids is 4. The van der Waals surface area contributed by atoms with Crippen molar-refractivity contribution in [1.82, 2.24) is 44.6 Å². The third kappa shape index (κ3) is 7.21. The molecule has 3 saturated heterocycles. The summed E-state index contributed by atoms with van der Waals surface area (Å²) in [5, 5.41) is 16.9. The fraction of sp³-hybridized carbons (Fsp3) is 0.490. The van der Waals surface area contributed by atoms with Gasteiger partial charge in [-0.2, -0.15) is 10.2 Å². The van der Waals surface area contributed by atoms with Crippen LogP contribution >= 0.6 is 0 Å². The maximum absolute atomic E-state index is 13.3. The number of imide groups is 1. The molecule has 0 spiro atoms. The lowest BCUT2D eigenvalue weighted by atomic mass is 9.94. The van der Waals surface area contributed by atoms with Crippen LogP contribution in [0.15, 0.2) is 48.7 Å². The standard InChI is InChI=1S/C49H57N11O4/c1-30-23-44-46(52-51-30)39(28-54(44)3)33-6-9-41-34(24-33)5-4-17-58(41)47-40-29-57(31(2)61)22-16-42(40)60(53-47)36-14-18-55(19-15-36)26-32-12-20-56(21-13-32)37-7-8-38-35(25-37)27-59(49(38)64)43-10-11-45(62)50-48(43)63/h6-9,23-25,28,32,36,43H,4-5,10-22,26-27,29H2,1-3H3,(H,50,62,63). The molecule has 4 amide bonds. The Labute approximate surface area is 373 Å². The number of nitrogens with zero attached hydrogens (tertiary/aromatic N) is 10. The van der Waals surface area contributed by atoms with Gasteiger partial charge in [-0.05, 0) is 111 Å². The Hall–Kier alpha value is -6.09. The van der Waals surface area contributed by atoms with Crippen LogP contribution in [0.5, 0.6) is 0 Å². The number of hydrogen-bond acceptors (Lipinski definition) is 10. The first-order valence-electron chi connectivity index (χ1n) is 23.4. The van der Waals surface area contributed by atoms with Crippen molar-refractivity contribution in [1.29, 1.82) is 0 Å². The van der Waals surface area contributed by atoms with Gasteiger partial charge in [0.25, 0.3) is 5.91 Å². The van der Waals surface area contributed by atoms with Gasteiger partial charge < -0.3 is 29.1 Å². The molecule has 15 nitrogen and oxygen atoms in total. The van der Waals surface area contributed by atoms with Crippen molar-refractivity contribution in [3.05, 3.63) is 82.3 Å². The van der Waals surface area contributed by atoms with Crippen LogP contribution in [-0.4, -0.2) is 115 Å². The summed E-state index contributed by atoms with van der Waals surface area (Å²) >= 11 is 0. The summed E-state index contributed by atoms with van der Waals surface area (Å²) in [6.07, 6.45) is 9.99. The van der Waals surface area contributed by atoms with Crippen LogP contribution in [0.3, 0.4) is 0 Å². The predicted octanol–water partition coefficient (Wildman–Crippen LogP) is 5.44. The van der Waals surface area contributed by atoms with Gasteiger partial charge in [-0.15, -0.1) is 5.10 Å². The van der Waals surface area contributed by atoms with E-state index in [0.717, 1.165) is 136 Å². The van der Waals surface area contributed by atoms with E-state index in [9.17, 15) is 19.2 Å². The summed E-state index contributed by atoms with van der Waals surface area (Å²) in [5.74, 6) is 0.980. The van der Waals surface area contributed by atoms with Crippen LogP contribution in [0, 0.1) is 12.8 Å². The Morgan fingerprint density at radius 3 is 2.45 bits per heavy atom. The summed E-state index contributed by atoms with van der Waals surface area (Å²) < 4.78 is 4.50. The molecular formula is C49H57N11O4. The average molecular weight is 864 g/mol. The minimum Gasteiger partial charge on any atom is -0.372 e. The van der Waals surface area contributed by atoms with Gasteiger partial charge in [0.05, 0.1) is 23.8 Å². The molecule has 0 bridgehead atoms. The summed E-state index contributed by atoms with van der Waals surface area (Å²) in [6.45, 7) is 11.4. The van der Waals surface area contributed by atoms with E-state index in [1.54, 1.807) is 11.8 Å². The first-order chi connectivity index (χ1) is 31.1. The van der Waals surface area contributed by atoms with E-state index in [0.29, 0.717) is 37.0 Å². The van der Waals surface area contributed by atoms with Gasteiger partial charge in [-0.25, -0.2) is 0 Å². The molecule has 0 aliphatic carbocycles. The normalized spacial score (nSPS) is 21.1. The van der Waals surface area contributed by atoms with E-state index in [2.05, 4.69) is 89.1 Å². The topological polar surface area (TPSA) is 145 Å². The Balaban J connectivity index is 0.748. The number of nitrogens with one attached hydrogen (secondary N) is 1. The highest BCUT2D eigenvalue weighted by Crippen LogP contribution is 2.42. The summed E-state index contributed by atoms with van der Waals surface area (Å²) in [6, 6.07) is 14.7. The zero-order chi connectivity index (χ0) is 43.8. The lowest BCUT2D eigenvalue weighted by Crippen LogP contribution is -2.52. The molecule has 0 saturated carbocycles. The van der Waals surface area contributed by atoms with Gasteiger partial charge >= 0.3 is 0 Å². The van der Waals surface area contributed by atoms with Crippen LogP contribution in [-0.2, 0) is 47.4 Å². The van der Waals surface area contributed by atoms with Crippen molar-refractivity contribution in [3.63, 3.8) is 0 Å². The molecule has 15 heteroatoms. The summed E-state index contributed by atoms with van der Waals surface area (Å²) in [4.78, 5) is 61.4. The molecule has 11 rings (SSSR count). The number of carbonyl (C=O) groups is 4. The summed E-state index contributed by atoms with van der Waals surface area (Å²) in [5.41, 5.74) is 12.9. The third-order valence-corrected chi connectivity index (χ3v) is 15.0. The van der Waals surface area contributed by atoms with E-state index in [-0.39, 0.29) is 30.0 Å². The molecule has 6 aliphatic heterocycles. The second-order valence-electron chi connectivity index (χ2n) is 19.1. The van der Waals surface area contributed by atoms with Crippen molar-refractivity contribution in [2.45, 2.75) is 96.8 Å². The molecule has 1 atom stereocenters. The highest BCUT2D eigenvalue weighted by atomic mass is 16.2. The molecule has 9 heterocycles. The Kier molecular flexibility index (Phi) is 10.3. The van der Waals surface area contributed by atoms with Crippen LogP contribution in [0.2, 0.25) is 0 Å². The first-order valence-corrected chi connectivity index (χ1v) is 23.4. The molecule has 1 N–H and O–H groups in total. The van der Waals surface area contributed by atoms with Crippen LogP contribution in [0.25, 0.3) is 22.2 Å². The van der Waals surface area contributed by atoms with Gasteiger partial charge in [0.15, 0.2) is 5.82 Å². The van der Waals surface area contributed by atoms with E-state index < -0.39 is 6.04 Å². The van der Waals surface area contributed by atoms with Gasteiger partial charge in [0.2, 0.25) is 17.7 Å². The Bertz CT molecular complexity index is 2710. The van der Waals surface area contributed by atoms with Crippen LogP contribution < -0.4 is 15.1 Å². The van der Waals surface area contributed by atoms with Crippen molar-refractivity contribution in [3.8, 4) is 11.1 Å². The number of anilines is 3. The molecular weight excluding hydrogens is 807 g/mol. The van der Waals surface area contributed by atoms with Gasteiger partial charge in [-0.1, -0.05) is 6.07 Å². The zero-order valence-electron chi connectivity index (χ0n) is 37.2. The zero-order valence-corrected chi connectivity index (χ0v) is 37.2. The number of fused-ring (bicyclic) bond motifs is 4. The number of rotatable bonds is 7. The monoisotopic (exact) mass is 863 g/mol. The first kappa shape index (κ1) is 40.7. The second kappa shape index (κ2) is 16.2. The number of hydrogen-bond donors (Lipinski definition) is 1. The van der Waals surface area contributed by atoms with Gasteiger partial charge in [0, 0.05) is 119 Å². The maximum Gasteiger partial charge on any atom is 0.255 e. The number of aromatic nitrogens is 5. The predicted molar refractivity (Wildman–Crippen MR) is 243 cm³/mol. The molecule has 332 valence electrons. The van der Waals surface area contributed by atoms with E-state index >= 15 is 0 Å². The van der Waals surface area contributed by atoms with E-state index in [1.165, 1.54) is 22.5 Å². The largest absolute Gasteiger partial charge is 0.372 e. The second-order valence-corrected chi connectivity index (χ2v) is 19.1. The third-order valence-electron chi connectivity index (χ3n) is 15.0. The number of amides is 4. The number of likely N-dealkylation sites (tertiary alicyclic amines) is 1. The average Bonchev–Trinajstić information content (AvgIpc) is 3.96. The fourth-order valence-electron chi connectivity index (χ4n) is 11.5. The molecule has 1 unspecified atom stereocenters. The van der Waals surface area contributed by atoms with Gasteiger partial charge in [0.1, 0.15) is 11.6 Å². The van der Waals surface area contributed by atoms with Crippen LogP contribution in [0.1, 0.15) is 96.3 Å². The summed E-state index contributed by atoms with van der Waals surface area (Å²) in [7, 11) is 2.07. The minimum absolute atomic E-state index is 0.114. The molecule has 2 aromatic carbocycles. The molecule has 0 radical (unpaired) electrons. The van der Waals surface area contributed by atoms with Crippen molar-refractivity contribution >= 4 is 51.9 Å². The molecule has 3 aromatic heterocycles. The Morgan fingerprint density at radius 1 is 0.828 bits per heavy atom. The van der Waals surface area contributed by atoms with Crippen LogP contribution in [0.4, 0.5) is 17.2 Å². The molecule has 5 aromatic rings. The van der Waals surface area contributed by atoms with E-state index in [4.69, 9.17) is 5.10 Å². The molecule has 3 fully saturated rings. The van der Waals surface area contributed by atoms with Crippen molar-refractivity contribution in [2.75, 3.05) is 55.6 Å². The lowest BCUT2D eigenvalue weighted by molar-refractivity contribution is -0.137. The Morgan fingerprint density at radius 2 is 1.66 bits per heavy atom. The SMILES string of the molecule is CC(=O)N1CCc2c(c(N3CCCc4cc(-c5cn(C)c6cc(C)nnc56)ccc43)nn2C2CCN(CC3CCN(c4ccc5c(c4)CN(C4CCC(=O)NC4=O)C5=O)CC3)CC2)C1. The quantitative estimate of drug-likeness (QED) is 0.210. The molecule has 64 heavy (non-hydrogen) atoms. The van der Waals surface area contributed by atoms with Crippen molar-refractivity contribution < 1.29 is 19.2 Å². The number of piperidine rings is 3.